The van der Waals surface area contributed by atoms with Crippen molar-refractivity contribution in [3.05, 3.63) is 94.0 Å². The number of carbonyl (C=O) groups is 3. The molecule has 2 atom stereocenters. The van der Waals surface area contributed by atoms with Gasteiger partial charge in [-0.05, 0) is 66.9 Å². The van der Waals surface area contributed by atoms with E-state index in [-0.39, 0.29) is 5.91 Å². The van der Waals surface area contributed by atoms with E-state index in [4.69, 9.17) is 16.3 Å². The number of carbonyl (C=O) groups excluding carboxylic acids is 3. The zero-order valence-corrected chi connectivity index (χ0v) is 20.3. The smallest absolute Gasteiger partial charge is 0.262 e. The Hall–Kier alpha value is -3.64. The third-order valence-electron chi connectivity index (χ3n) is 6.58. The Labute approximate surface area is 209 Å². The van der Waals surface area contributed by atoms with E-state index < -0.39 is 23.9 Å². The minimum atomic E-state index is -0.940. The summed E-state index contributed by atoms with van der Waals surface area (Å²) in [7, 11) is 0. The van der Waals surface area contributed by atoms with E-state index in [1.54, 1.807) is 47.4 Å². The van der Waals surface area contributed by atoms with E-state index >= 15 is 0 Å². The Morgan fingerprint density at radius 3 is 2.11 bits per heavy atom. The topological polar surface area (TPSA) is 66.9 Å². The molecule has 35 heavy (non-hydrogen) atoms. The van der Waals surface area contributed by atoms with Crippen molar-refractivity contribution in [1.82, 2.24) is 4.90 Å². The number of amides is 3. The Bertz CT molecular complexity index is 1290. The van der Waals surface area contributed by atoms with Crippen molar-refractivity contribution in [2.45, 2.75) is 38.8 Å². The van der Waals surface area contributed by atoms with Crippen LogP contribution in [-0.2, 0) is 4.79 Å². The lowest BCUT2D eigenvalue weighted by atomic mass is 9.85. The summed E-state index contributed by atoms with van der Waals surface area (Å²) in [6.45, 7) is 4.61. The summed E-state index contributed by atoms with van der Waals surface area (Å²) < 4.78 is 5.79. The van der Waals surface area contributed by atoms with Gasteiger partial charge in [-0.25, -0.2) is 0 Å². The highest BCUT2D eigenvalue weighted by molar-refractivity contribution is 6.30. The average molecular weight is 489 g/mol. The number of halogens is 1. The van der Waals surface area contributed by atoms with Gasteiger partial charge in [0.25, 0.3) is 17.7 Å². The maximum absolute atomic E-state index is 13.6. The second-order valence-electron chi connectivity index (χ2n) is 8.83. The molecule has 7 heteroatoms. The number of benzene rings is 3. The van der Waals surface area contributed by atoms with Crippen LogP contribution in [0.1, 0.15) is 57.7 Å². The van der Waals surface area contributed by atoms with E-state index in [9.17, 15) is 14.4 Å². The molecule has 0 radical (unpaired) electrons. The van der Waals surface area contributed by atoms with Gasteiger partial charge in [-0.1, -0.05) is 49.2 Å². The van der Waals surface area contributed by atoms with Crippen LogP contribution in [0.2, 0.25) is 5.02 Å². The molecule has 3 aromatic carbocycles. The van der Waals surface area contributed by atoms with Gasteiger partial charge in [-0.15, -0.1) is 0 Å². The lowest BCUT2D eigenvalue weighted by Gasteiger charge is -2.50. The van der Waals surface area contributed by atoms with Crippen molar-refractivity contribution in [3.63, 3.8) is 0 Å². The molecule has 0 saturated carbocycles. The molecule has 6 nitrogen and oxygen atoms in total. The van der Waals surface area contributed by atoms with Gasteiger partial charge >= 0.3 is 0 Å². The van der Waals surface area contributed by atoms with Gasteiger partial charge in [0.2, 0.25) is 0 Å². The van der Waals surface area contributed by atoms with E-state index in [0.29, 0.717) is 28.4 Å². The highest BCUT2D eigenvalue weighted by Gasteiger charge is 2.57. The summed E-state index contributed by atoms with van der Waals surface area (Å²) in [5.41, 5.74) is 2.98. The number of hydrogen-bond acceptors (Lipinski definition) is 4. The number of nitrogens with zero attached hydrogens (tertiary/aromatic N) is 2. The van der Waals surface area contributed by atoms with E-state index in [1.165, 1.54) is 0 Å². The zero-order valence-electron chi connectivity index (χ0n) is 19.5. The van der Waals surface area contributed by atoms with Crippen LogP contribution in [0.3, 0.4) is 0 Å². The number of imide groups is 1. The molecule has 0 aromatic heterocycles. The first kappa shape index (κ1) is 23.1. The summed E-state index contributed by atoms with van der Waals surface area (Å²) in [5, 5.41) is 0.571. The number of β-lactam (4-membered cyclic amide) rings is 1. The Balaban J connectivity index is 1.53. The first-order valence-electron chi connectivity index (χ1n) is 11.7. The van der Waals surface area contributed by atoms with Crippen LogP contribution in [0.5, 0.6) is 5.75 Å². The van der Waals surface area contributed by atoms with E-state index in [1.807, 2.05) is 31.2 Å². The highest BCUT2D eigenvalue weighted by atomic mass is 35.5. The number of aryl methyl sites for hydroxylation is 1. The summed E-state index contributed by atoms with van der Waals surface area (Å²) in [5.74, 6) is -0.459. The molecule has 0 unspecified atom stereocenters. The zero-order chi connectivity index (χ0) is 24.7. The fourth-order valence-corrected chi connectivity index (χ4v) is 5.00. The maximum atomic E-state index is 13.6. The Morgan fingerprint density at radius 1 is 0.857 bits per heavy atom. The fraction of sp³-hybridized carbons (Fsp3) is 0.250. The monoisotopic (exact) mass is 488 g/mol. The van der Waals surface area contributed by atoms with Crippen LogP contribution in [0, 0.1) is 6.92 Å². The van der Waals surface area contributed by atoms with Crippen LogP contribution in [0.4, 0.5) is 5.69 Å². The molecular formula is C28H25ClN2O4. The first-order valence-corrected chi connectivity index (χ1v) is 12.1. The number of hydrogen-bond donors (Lipinski definition) is 0. The minimum absolute atomic E-state index is 0.307. The number of rotatable bonds is 7. The van der Waals surface area contributed by atoms with Crippen molar-refractivity contribution in [2.75, 3.05) is 11.5 Å². The SMILES string of the molecule is CCCCOc1ccc([C@H]2[C@H](N3C(=O)c4ccccc4C3=O)C(=O)N2c2ccc(Cl)cc2C)cc1. The number of anilines is 1. The molecule has 2 aliphatic rings. The van der Waals surface area contributed by atoms with Crippen LogP contribution in [0.25, 0.3) is 0 Å². The number of fused-ring (bicyclic) bond motifs is 1. The summed E-state index contributed by atoms with van der Waals surface area (Å²) >= 11 is 6.15. The molecule has 178 valence electrons. The lowest BCUT2D eigenvalue weighted by molar-refractivity contribution is -0.130. The molecule has 0 bridgehead atoms. The standard InChI is InChI=1S/C28H25ClN2O4/c1-3-4-15-35-20-12-9-18(10-13-20)24-25(28(34)30(24)23-14-11-19(29)16-17(23)2)31-26(32)21-7-5-6-8-22(21)27(31)33/h5-14,16,24-25H,3-4,15H2,1-2H3/t24-,25-/m0/s1. The molecule has 5 rings (SSSR count). The molecule has 2 aliphatic heterocycles. The maximum Gasteiger partial charge on any atom is 0.262 e. The minimum Gasteiger partial charge on any atom is -0.494 e. The second-order valence-corrected chi connectivity index (χ2v) is 9.26. The molecule has 2 heterocycles. The molecule has 0 N–H and O–H groups in total. The van der Waals surface area contributed by atoms with E-state index in [2.05, 4.69) is 6.92 Å². The number of ether oxygens (including phenoxy) is 1. The second kappa shape index (κ2) is 9.19. The molecular weight excluding hydrogens is 464 g/mol. The highest BCUT2D eigenvalue weighted by Crippen LogP contribution is 2.45. The van der Waals surface area contributed by atoms with Crippen molar-refractivity contribution in [3.8, 4) is 5.75 Å². The van der Waals surface area contributed by atoms with Crippen LogP contribution in [-0.4, -0.2) is 35.3 Å². The van der Waals surface area contributed by atoms with Crippen LogP contribution < -0.4 is 9.64 Å². The fourth-order valence-electron chi connectivity index (χ4n) is 4.77. The lowest BCUT2D eigenvalue weighted by Crippen LogP contribution is -2.67. The molecule has 1 saturated heterocycles. The predicted molar refractivity (Wildman–Crippen MR) is 134 cm³/mol. The Morgan fingerprint density at radius 2 is 1.51 bits per heavy atom. The van der Waals surface area contributed by atoms with Crippen molar-refractivity contribution in [2.24, 2.45) is 0 Å². The van der Waals surface area contributed by atoms with Crippen molar-refractivity contribution >= 4 is 35.0 Å². The average Bonchev–Trinajstić information content (AvgIpc) is 3.10. The Kier molecular flexibility index (Phi) is 6.07. The quantitative estimate of drug-likeness (QED) is 0.247. The van der Waals surface area contributed by atoms with Crippen molar-refractivity contribution < 1.29 is 19.1 Å². The number of unbranched alkanes of at least 4 members (excludes halogenated alkanes) is 1. The third-order valence-corrected chi connectivity index (χ3v) is 6.81. The summed E-state index contributed by atoms with van der Waals surface area (Å²) in [6.07, 6.45) is 2.00. The van der Waals surface area contributed by atoms with Crippen molar-refractivity contribution in [1.29, 1.82) is 0 Å². The van der Waals surface area contributed by atoms with Gasteiger partial charge in [0.15, 0.2) is 0 Å². The summed E-state index contributed by atoms with van der Waals surface area (Å²) in [4.78, 5) is 42.8. The van der Waals surface area contributed by atoms with Crippen LogP contribution in [0.15, 0.2) is 66.7 Å². The van der Waals surface area contributed by atoms with Gasteiger partial charge < -0.3 is 9.64 Å². The predicted octanol–water partition coefficient (Wildman–Crippen LogP) is 5.58. The molecule has 3 amide bonds. The molecule has 1 fully saturated rings. The van der Waals surface area contributed by atoms with Gasteiger partial charge in [-0.3, -0.25) is 19.3 Å². The van der Waals surface area contributed by atoms with Gasteiger partial charge in [0.05, 0.1) is 23.8 Å². The molecule has 0 aliphatic carbocycles. The van der Waals surface area contributed by atoms with Crippen LogP contribution >= 0.6 is 11.6 Å². The van der Waals surface area contributed by atoms with Gasteiger partial charge in [0, 0.05) is 10.7 Å². The molecule has 3 aromatic rings. The third kappa shape index (κ3) is 3.88. The first-order chi connectivity index (χ1) is 16.9. The largest absolute Gasteiger partial charge is 0.494 e. The van der Waals surface area contributed by atoms with E-state index in [0.717, 1.165) is 34.6 Å². The van der Waals surface area contributed by atoms with Gasteiger partial charge in [-0.2, -0.15) is 0 Å². The molecule has 0 spiro atoms. The summed E-state index contributed by atoms with van der Waals surface area (Å²) in [6, 6.07) is 18.0. The van der Waals surface area contributed by atoms with Gasteiger partial charge in [0.1, 0.15) is 11.8 Å². The normalized spacial score (nSPS) is 19.1.